The van der Waals surface area contributed by atoms with Crippen LogP contribution in [0.1, 0.15) is 19.6 Å². The smallest absolute Gasteiger partial charge is 0.167 e. The molecule has 2 unspecified atom stereocenters. The maximum atomic E-state index is 9.61. The van der Waals surface area contributed by atoms with Crippen LogP contribution < -0.4 is 5.73 Å². The molecule has 2 saturated heterocycles. The van der Waals surface area contributed by atoms with Gasteiger partial charge in [-0.3, -0.25) is 4.57 Å². The molecule has 8 heteroatoms. The Balaban J connectivity index is 1.77. The first kappa shape index (κ1) is 12.0. The molecule has 20 heavy (non-hydrogen) atoms. The lowest BCUT2D eigenvalue weighted by atomic mass is 9.98. The van der Waals surface area contributed by atoms with Crippen LogP contribution in [0.2, 0.25) is 0 Å². The largest absolute Gasteiger partial charge is 0.393 e. The van der Waals surface area contributed by atoms with Crippen molar-refractivity contribution in [2.75, 3.05) is 12.3 Å². The molecule has 2 fully saturated rings. The molecule has 0 spiro atoms. The summed E-state index contributed by atoms with van der Waals surface area (Å²) < 4.78 is 13.7. The van der Waals surface area contributed by atoms with E-state index in [1.165, 1.54) is 6.33 Å². The lowest BCUT2D eigenvalue weighted by molar-refractivity contribution is -0.214. The minimum absolute atomic E-state index is 0.0646. The standard InChI is InChI=1S/C12H15N5O3/c1-6-12(3-18)2-7(19-6)11(20-12)17-5-16-8-9(13)14-4-15-10(8)17/h4-7,11,18H,2-3H2,1H3,(H2,13,14,15)/t6?,7?,11-,12+/m1/s1. The number of imidazole rings is 1. The van der Waals surface area contributed by atoms with Gasteiger partial charge in [-0.25, -0.2) is 15.0 Å². The van der Waals surface area contributed by atoms with Gasteiger partial charge >= 0.3 is 0 Å². The number of anilines is 1. The molecular formula is C12H15N5O3. The first-order valence-electron chi connectivity index (χ1n) is 6.52. The molecule has 2 aliphatic rings. The zero-order valence-electron chi connectivity index (χ0n) is 10.9. The van der Waals surface area contributed by atoms with E-state index in [-0.39, 0.29) is 25.0 Å². The van der Waals surface area contributed by atoms with Crippen LogP contribution in [0.3, 0.4) is 0 Å². The van der Waals surface area contributed by atoms with E-state index in [9.17, 15) is 5.11 Å². The number of hydrogen-bond donors (Lipinski definition) is 2. The molecule has 0 amide bonds. The van der Waals surface area contributed by atoms with Crippen LogP contribution in [0.4, 0.5) is 5.82 Å². The van der Waals surface area contributed by atoms with Gasteiger partial charge in [0.1, 0.15) is 23.5 Å². The number of fused-ring (bicyclic) bond motifs is 3. The van der Waals surface area contributed by atoms with Crippen molar-refractivity contribution in [3.8, 4) is 0 Å². The molecule has 2 aromatic heterocycles. The third-order valence-electron chi connectivity index (χ3n) is 4.27. The average Bonchev–Trinajstić information content (AvgIpc) is 3.09. The first-order chi connectivity index (χ1) is 9.64. The van der Waals surface area contributed by atoms with Crippen molar-refractivity contribution < 1.29 is 14.6 Å². The Morgan fingerprint density at radius 2 is 2.35 bits per heavy atom. The van der Waals surface area contributed by atoms with Crippen LogP contribution >= 0.6 is 0 Å². The summed E-state index contributed by atoms with van der Waals surface area (Å²) in [4.78, 5) is 12.4. The Morgan fingerprint density at radius 1 is 1.50 bits per heavy atom. The fourth-order valence-electron chi connectivity index (χ4n) is 3.09. The van der Waals surface area contributed by atoms with E-state index in [0.29, 0.717) is 23.4 Å². The van der Waals surface area contributed by atoms with Crippen molar-refractivity contribution in [1.82, 2.24) is 19.5 Å². The summed E-state index contributed by atoms with van der Waals surface area (Å²) in [6.45, 7) is 1.85. The predicted octanol–water partition coefficient (Wildman–Crippen LogP) is -0.154. The molecule has 0 aromatic carbocycles. The molecule has 0 radical (unpaired) electrons. The summed E-state index contributed by atoms with van der Waals surface area (Å²) in [5.74, 6) is 0.336. The Bertz CT molecular complexity index is 674. The molecule has 4 heterocycles. The van der Waals surface area contributed by atoms with Gasteiger partial charge in [-0.1, -0.05) is 0 Å². The highest BCUT2D eigenvalue weighted by Gasteiger charge is 2.58. The van der Waals surface area contributed by atoms with Crippen LogP contribution in [0.15, 0.2) is 12.7 Å². The van der Waals surface area contributed by atoms with E-state index in [4.69, 9.17) is 15.2 Å². The number of nitrogens with two attached hydrogens (primary N) is 1. The summed E-state index contributed by atoms with van der Waals surface area (Å²) in [6.07, 6.45) is 3.09. The second-order valence-corrected chi connectivity index (χ2v) is 5.34. The third-order valence-corrected chi connectivity index (χ3v) is 4.27. The van der Waals surface area contributed by atoms with Crippen molar-refractivity contribution >= 4 is 17.0 Å². The Hall–Kier alpha value is -1.77. The second-order valence-electron chi connectivity index (χ2n) is 5.34. The summed E-state index contributed by atoms with van der Waals surface area (Å²) in [5, 5.41) is 9.61. The lowest BCUT2D eigenvalue weighted by Gasteiger charge is -2.34. The topological polar surface area (TPSA) is 108 Å². The van der Waals surface area contributed by atoms with Gasteiger partial charge in [0.2, 0.25) is 0 Å². The van der Waals surface area contributed by atoms with Gasteiger partial charge in [-0.2, -0.15) is 0 Å². The van der Waals surface area contributed by atoms with Crippen molar-refractivity contribution in [1.29, 1.82) is 0 Å². The number of aromatic nitrogens is 4. The number of rotatable bonds is 2. The highest BCUT2D eigenvalue weighted by Crippen LogP contribution is 2.48. The molecule has 106 valence electrons. The van der Waals surface area contributed by atoms with E-state index < -0.39 is 5.60 Å². The molecule has 4 rings (SSSR count). The van der Waals surface area contributed by atoms with Gasteiger partial charge < -0.3 is 20.3 Å². The summed E-state index contributed by atoms with van der Waals surface area (Å²) in [7, 11) is 0. The molecule has 2 bridgehead atoms. The summed E-state index contributed by atoms with van der Waals surface area (Å²) in [6, 6.07) is 0. The van der Waals surface area contributed by atoms with Crippen molar-refractivity contribution in [2.24, 2.45) is 0 Å². The minimum atomic E-state index is -0.634. The van der Waals surface area contributed by atoms with E-state index in [1.54, 1.807) is 10.9 Å². The van der Waals surface area contributed by atoms with Gasteiger partial charge in [0.25, 0.3) is 0 Å². The zero-order valence-corrected chi connectivity index (χ0v) is 10.9. The zero-order chi connectivity index (χ0) is 13.9. The van der Waals surface area contributed by atoms with Crippen molar-refractivity contribution in [3.63, 3.8) is 0 Å². The van der Waals surface area contributed by atoms with Crippen LogP contribution in [-0.4, -0.2) is 49.0 Å². The maximum absolute atomic E-state index is 9.61. The number of hydrogen-bond acceptors (Lipinski definition) is 7. The number of aliphatic hydroxyl groups is 1. The van der Waals surface area contributed by atoms with Gasteiger partial charge in [0.05, 0.1) is 19.0 Å². The first-order valence-corrected chi connectivity index (χ1v) is 6.52. The van der Waals surface area contributed by atoms with E-state index in [2.05, 4.69) is 15.0 Å². The van der Waals surface area contributed by atoms with Crippen LogP contribution in [0.25, 0.3) is 11.2 Å². The fraction of sp³-hybridized carbons (Fsp3) is 0.583. The molecule has 0 aliphatic carbocycles. The van der Waals surface area contributed by atoms with Crippen LogP contribution in [0, 0.1) is 0 Å². The normalized spacial score (nSPS) is 36.0. The highest BCUT2D eigenvalue weighted by atomic mass is 16.6. The van der Waals surface area contributed by atoms with Gasteiger partial charge in [0, 0.05) is 6.42 Å². The monoisotopic (exact) mass is 277 g/mol. The number of nitrogen functional groups attached to an aromatic ring is 1. The molecule has 2 aliphatic heterocycles. The van der Waals surface area contributed by atoms with Gasteiger partial charge in [-0.05, 0) is 6.92 Å². The second kappa shape index (κ2) is 3.87. The SMILES string of the molecule is CC1OC2C[C@@]1(CO)O[C@H]2n1cnc2c(N)ncnc21. The molecule has 0 saturated carbocycles. The Morgan fingerprint density at radius 3 is 3.10 bits per heavy atom. The summed E-state index contributed by atoms with van der Waals surface area (Å²) >= 11 is 0. The van der Waals surface area contributed by atoms with Crippen LogP contribution in [-0.2, 0) is 9.47 Å². The molecule has 2 aromatic rings. The summed E-state index contributed by atoms with van der Waals surface area (Å²) in [5.41, 5.74) is 6.30. The van der Waals surface area contributed by atoms with Crippen molar-refractivity contribution in [2.45, 2.75) is 37.4 Å². The van der Waals surface area contributed by atoms with E-state index >= 15 is 0 Å². The quantitative estimate of drug-likeness (QED) is 0.785. The molecule has 3 N–H and O–H groups in total. The molecule has 4 atom stereocenters. The fourth-order valence-corrected chi connectivity index (χ4v) is 3.09. The van der Waals surface area contributed by atoms with Crippen LogP contribution in [0.5, 0.6) is 0 Å². The lowest BCUT2D eigenvalue weighted by Crippen LogP contribution is -2.44. The van der Waals surface area contributed by atoms with E-state index in [0.717, 1.165) is 0 Å². The van der Waals surface area contributed by atoms with Gasteiger partial charge in [0.15, 0.2) is 17.7 Å². The Kier molecular flexibility index (Phi) is 2.33. The Labute approximate surface area is 114 Å². The van der Waals surface area contributed by atoms with Gasteiger partial charge in [-0.15, -0.1) is 0 Å². The maximum Gasteiger partial charge on any atom is 0.167 e. The number of nitrogens with zero attached hydrogens (tertiary/aromatic N) is 4. The predicted molar refractivity (Wildman–Crippen MR) is 68.6 cm³/mol. The highest BCUT2D eigenvalue weighted by molar-refractivity contribution is 5.81. The number of ether oxygens (including phenoxy) is 2. The van der Waals surface area contributed by atoms with E-state index in [1.807, 2.05) is 6.92 Å². The third kappa shape index (κ3) is 1.38. The molecule has 8 nitrogen and oxygen atoms in total. The average molecular weight is 277 g/mol. The van der Waals surface area contributed by atoms with Crippen molar-refractivity contribution in [3.05, 3.63) is 12.7 Å². The molecular weight excluding hydrogens is 262 g/mol. The minimum Gasteiger partial charge on any atom is -0.393 e. The number of aliphatic hydroxyl groups excluding tert-OH is 1.